The average Bonchev–Trinajstić information content (AvgIpc) is 2.66. The second kappa shape index (κ2) is 6.84. The fraction of sp³-hybridized carbons (Fsp3) is 0.150. The third-order valence-electron chi connectivity index (χ3n) is 4.18. The van der Waals surface area contributed by atoms with Crippen LogP contribution in [-0.4, -0.2) is 15.7 Å². The molecule has 0 aliphatic carbocycles. The smallest absolute Gasteiger partial charge is 0.252 e. The lowest BCUT2D eigenvalue weighted by molar-refractivity contribution is 0.206. The van der Waals surface area contributed by atoms with E-state index in [9.17, 15) is 4.79 Å². The van der Waals surface area contributed by atoms with Gasteiger partial charge in [0, 0.05) is 23.7 Å². The van der Waals surface area contributed by atoms with Crippen LogP contribution in [0.3, 0.4) is 0 Å². The standard InChI is InChI=1S/C20H18N4O2/c1-13-11-19(25)22-20(21-13)24-23-16-12-18(14-7-3-2-4-8-14)26-17-10-6-5-9-15(16)17/h2-11,18H,12H2,1H3,(H2,21,22,24,25)/b23-16-. The molecule has 1 aliphatic heterocycles. The molecule has 0 radical (unpaired) electrons. The first-order valence-electron chi connectivity index (χ1n) is 8.40. The molecule has 1 atom stereocenters. The second-order valence-corrected chi connectivity index (χ2v) is 6.12. The maximum atomic E-state index is 11.6. The molecule has 0 fully saturated rings. The average molecular weight is 346 g/mol. The normalized spacial score (nSPS) is 17.4. The van der Waals surface area contributed by atoms with E-state index in [2.05, 4.69) is 20.5 Å². The van der Waals surface area contributed by atoms with Crippen molar-refractivity contribution < 1.29 is 4.74 Å². The lowest BCUT2D eigenvalue weighted by Gasteiger charge is -2.27. The summed E-state index contributed by atoms with van der Waals surface area (Å²) in [5.74, 6) is 1.11. The van der Waals surface area contributed by atoms with Crippen molar-refractivity contribution in [2.45, 2.75) is 19.4 Å². The van der Waals surface area contributed by atoms with Gasteiger partial charge in [0.1, 0.15) is 11.9 Å². The Morgan fingerprint density at radius 1 is 1.15 bits per heavy atom. The fourth-order valence-corrected chi connectivity index (χ4v) is 3.00. The van der Waals surface area contributed by atoms with Gasteiger partial charge in [-0.1, -0.05) is 42.5 Å². The number of aromatic amines is 1. The van der Waals surface area contributed by atoms with Crippen LogP contribution in [0.15, 0.2) is 70.6 Å². The molecule has 2 N–H and O–H groups in total. The largest absolute Gasteiger partial charge is 0.485 e. The summed E-state index contributed by atoms with van der Waals surface area (Å²) in [7, 11) is 0. The summed E-state index contributed by atoms with van der Waals surface area (Å²) in [5, 5.41) is 4.51. The number of fused-ring (bicyclic) bond motifs is 1. The van der Waals surface area contributed by atoms with E-state index in [1.165, 1.54) is 6.07 Å². The Hall–Kier alpha value is -3.41. The van der Waals surface area contributed by atoms with Gasteiger partial charge < -0.3 is 4.74 Å². The number of para-hydroxylation sites is 1. The zero-order valence-electron chi connectivity index (χ0n) is 14.3. The molecular formula is C20H18N4O2. The number of rotatable bonds is 3. The van der Waals surface area contributed by atoms with Gasteiger partial charge in [0.05, 0.1) is 5.71 Å². The molecule has 26 heavy (non-hydrogen) atoms. The van der Waals surface area contributed by atoms with E-state index < -0.39 is 0 Å². The lowest BCUT2D eigenvalue weighted by Crippen LogP contribution is -2.22. The highest BCUT2D eigenvalue weighted by atomic mass is 16.5. The molecule has 130 valence electrons. The van der Waals surface area contributed by atoms with Crippen LogP contribution in [0.1, 0.15) is 29.3 Å². The van der Waals surface area contributed by atoms with Crippen molar-refractivity contribution >= 4 is 11.7 Å². The summed E-state index contributed by atoms with van der Waals surface area (Å²) in [5.41, 5.74) is 6.17. The predicted molar refractivity (Wildman–Crippen MR) is 101 cm³/mol. The van der Waals surface area contributed by atoms with E-state index in [-0.39, 0.29) is 11.7 Å². The van der Waals surface area contributed by atoms with Crippen molar-refractivity contribution in [1.29, 1.82) is 0 Å². The molecule has 3 aromatic rings. The summed E-state index contributed by atoms with van der Waals surface area (Å²) in [6.07, 6.45) is 0.500. The fourth-order valence-electron chi connectivity index (χ4n) is 3.00. The van der Waals surface area contributed by atoms with E-state index in [1.54, 1.807) is 6.92 Å². The Kier molecular flexibility index (Phi) is 4.23. The third kappa shape index (κ3) is 3.35. The minimum Gasteiger partial charge on any atom is -0.485 e. The van der Waals surface area contributed by atoms with E-state index in [4.69, 9.17) is 4.74 Å². The van der Waals surface area contributed by atoms with E-state index in [1.807, 2.05) is 54.6 Å². The maximum Gasteiger partial charge on any atom is 0.252 e. The molecule has 2 aromatic carbocycles. The van der Waals surface area contributed by atoms with Crippen molar-refractivity contribution in [2.24, 2.45) is 5.10 Å². The summed E-state index contributed by atoms with van der Waals surface area (Å²) in [6, 6.07) is 19.3. The molecule has 1 aliphatic rings. The summed E-state index contributed by atoms with van der Waals surface area (Å²) >= 11 is 0. The minimum absolute atomic E-state index is 0.115. The molecule has 0 saturated heterocycles. The van der Waals surface area contributed by atoms with Crippen molar-refractivity contribution in [3.63, 3.8) is 0 Å². The molecular weight excluding hydrogens is 328 g/mol. The van der Waals surface area contributed by atoms with E-state index in [0.29, 0.717) is 18.1 Å². The van der Waals surface area contributed by atoms with Gasteiger partial charge in [0.15, 0.2) is 0 Å². The molecule has 2 heterocycles. The van der Waals surface area contributed by atoms with Crippen LogP contribution in [0, 0.1) is 6.92 Å². The number of hydrogen-bond donors (Lipinski definition) is 2. The quantitative estimate of drug-likeness (QED) is 0.712. The zero-order chi connectivity index (χ0) is 17.9. The van der Waals surface area contributed by atoms with Gasteiger partial charge in [-0.15, -0.1) is 0 Å². The summed E-state index contributed by atoms with van der Waals surface area (Å²) in [4.78, 5) is 18.5. The van der Waals surface area contributed by atoms with Gasteiger partial charge in [-0.05, 0) is 24.6 Å². The van der Waals surface area contributed by atoms with Crippen LogP contribution in [0.4, 0.5) is 5.95 Å². The van der Waals surface area contributed by atoms with Crippen molar-refractivity contribution in [2.75, 3.05) is 5.43 Å². The second-order valence-electron chi connectivity index (χ2n) is 6.12. The minimum atomic E-state index is -0.213. The van der Waals surface area contributed by atoms with Crippen molar-refractivity contribution in [3.05, 3.63) is 87.8 Å². The number of H-pyrrole nitrogens is 1. The Labute approximate surface area is 150 Å². The molecule has 4 rings (SSSR count). The Morgan fingerprint density at radius 3 is 2.73 bits per heavy atom. The Bertz CT molecular complexity index is 1010. The number of aromatic nitrogens is 2. The van der Waals surface area contributed by atoms with Gasteiger partial charge in [-0.25, -0.2) is 10.4 Å². The molecule has 1 aromatic heterocycles. The van der Waals surface area contributed by atoms with Crippen LogP contribution in [0.2, 0.25) is 0 Å². The highest BCUT2D eigenvalue weighted by Crippen LogP contribution is 2.35. The lowest BCUT2D eigenvalue weighted by atomic mass is 9.96. The van der Waals surface area contributed by atoms with Gasteiger partial charge >= 0.3 is 0 Å². The van der Waals surface area contributed by atoms with Crippen LogP contribution in [0.5, 0.6) is 5.75 Å². The number of nitrogens with one attached hydrogen (secondary N) is 2. The van der Waals surface area contributed by atoms with Gasteiger partial charge in [0.25, 0.3) is 5.56 Å². The van der Waals surface area contributed by atoms with Crippen molar-refractivity contribution in [1.82, 2.24) is 9.97 Å². The first kappa shape index (κ1) is 16.1. The van der Waals surface area contributed by atoms with Crippen LogP contribution >= 0.6 is 0 Å². The number of nitrogens with zero attached hydrogens (tertiary/aromatic N) is 2. The molecule has 6 nitrogen and oxygen atoms in total. The van der Waals surface area contributed by atoms with Crippen LogP contribution in [-0.2, 0) is 0 Å². The number of aryl methyl sites for hydroxylation is 1. The van der Waals surface area contributed by atoms with Gasteiger partial charge in [-0.2, -0.15) is 5.10 Å². The Balaban J connectivity index is 1.68. The maximum absolute atomic E-state index is 11.6. The molecule has 0 spiro atoms. The summed E-state index contributed by atoms with van der Waals surface area (Å²) in [6.45, 7) is 1.77. The molecule has 0 amide bonds. The predicted octanol–water partition coefficient (Wildman–Crippen LogP) is 3.42. The monoisotopic (exact) mass is 346 g/mol. The number of hydrogen-bond acceptors (Lipinski definition) is 5. The topological polar surface area (TPSA) is 79.4 Å². The van der Waals surface area contributed by atoms with Gasteiger partial charge in [-0.3, -0.25) is 9.78 Å². The summed E-state index contributed by atoms with van der Waals surface area (Å²) < 4.78 is 6.16. The first-order valence-corrected chi connectivity index (χ1v) is 8.40. The SMILES string of the molecule is Cc1cc(=O)[nH]c(N/N=C2/CC(c3ccccc3)Oc3ccccc32)n1. The van der Waals surface area contributed by atoms with Gasteiger partial charge in [0.2, 0.25) is 5.95 Å². The first-order chi connectivity index (χ1) is 12.7. The number of hydrazone groups is 1. The third-order valence-corrected chi connectivity index (χ3v) is 4.18. The van der Waals surface area contributed by atoms with Crippen LogP contribution < -0.4 is 15.7 Å². The Morgan fingerprint density at radius 2 is 1.92 bits per heavy atom. The van der Waals surface area contributed by atoms with E-state index >= 15 is 0 Å². The van der Waals surface area contributed by atoms with E-state index in [0.717, 1.165) is 22.6 Å². The molecule has 1 unspecified atom stereocenters. The molecule has 0 saturated carbocycles. The highest BCUT2D eigenvalue weighted by Gasteiger charge is 2.26. The zero-order valence-corrected chi connectivity index (χ0v) is 14.3. The highest BCUT2D eigenvalue weighted by molar-refractivity contribution is 6.04. The number of anilines is 1. The number of benzene rings is 2. The molecule has 0 bridgehead atoms. The van der Waals surface area contributed by atoms with Crippen molar-refractivity contribution in [3.8, 4) is 5.75 Å². The molecule has 6 heteroatoms. The number of ether oxygens (including phenoxy) is 1. The van der Waals surface area contributed by atoms with Crippen LogP contribution in [0.25, 0.3) is 0 Å².